The third-order valence-corrected chi connectivity index (χ3v) is 4.56. The van der Waals surface area contributed by atoms with Gasteiger partial charge < -0.3 is 4.74 Å². The maximum atomic E-state index is 12.0. The predicted octanol–water partition coefficient (Wildman–Crippen LogP) is 4.87. The number of fused-ring (bicyclic) bond motifs is 2. The van der Waals surface area contributed by atoms with Crippen molar-refractivity contribution in [3.8, 4) is 11.1 Å². The third-order valence-electron chi connectivity index (χ3n) is 4.56. The number of aromatic nitrogens is 1. The van der Waals surface area contributed by atoms with Gasteiger partial charge in [0.25, 0.3) is 0 Å². The Balaban J connectivity index is 2.11. The van der Waals surface area contributed by atoms with Crippen molar-refractivity contribution >= 4 is 16.9 Å². The van der Waals surface area contributed by atoms with Gasteiger partial charge in [-0.15, -0.1) is 0 Å². The number of ether oxygens (including phenoxy) is 1. The molecular weight excluding hydrogens is 298 g/mol. The molecule has 0 spiro atoms. The average Bonchev–Trinajstić information content (AvgIpc) is 2.93. The van der Waals surface area contributed by atoms with Crippen LogP contribution in [0.15, 0.2) is 48.5 Å². The second-order valence-corrected chi connectivity index (χ2v) is 7.24. The van der Waals surface area contributed by atoms with Crippen molar-refractivity contribution in [3.05, 3.63) is 65.4 Å². The van der Waals surface area contributed by atoms with Gasteiger partial charge in [0.2, 0.25) is 0 Å². The van der Waals surface area contributed by atoms with Crippen LogP contribution < -0.4 is 0 Å². The van der Waals surface area contributed by atoms with E-state index >= 15 is 0 Å². The molecule has 0 fully saturated rings. The Hall–Kier alpha value is -2.68. The lowest BCUT2D eigenvalue weighted by atomic mass is 9.85. The van der Waals surface area contributed by atoms with Gasteiger partial charge in [0.15, 0.2) is 5.69 Å². The van der Waals surface area contributed by atoms with E-state index in [1.807, 2.05) is 24.3 Å². The topological polar surface area (TPSA) is 39.2 Å². The first-order chi connectivity index (χ1) is 11.4. The minimum Gasteiger partial charge on any atom is -0.456 e. The molecule has 2 aromatic carbocycles. The van der Waals surface area contributed by atoms with Gasteiger partial charge in [0.05, 0.1) is 5.52 Å². The molecule has 1 aromatic heterocycles. The largest absolute Gasteiger partial charge is 0.456 e. The highest BCUT2D eigenvalue weighted by Crippen LogP contribution is 2.38. The number of carbonyl (C=O) groups is 1. The number of pyridine rings is 1. The predicted molar refractivity (Wildman–Crippen MR) is 95.0 cm³/mol. The second kappa shape index (κ2) is 5.17. The molecule has 0 N–H and O–H groups in total. The Morgan fingerprint density at radius 3 is 2.50 bits per heavy atom. The first-order valence-electron chi connectivity index (χ1n) is 8.15. The zero-order valence-corrected chi connectivity index (χ0v) is 14.1. The van der Waals surface area contributed by atoms with Crippen molar-refractivity contribution in [1.82, 2.24) is 4.98 Å². The second-order valence-electron chi connectivity index (χ2n) is 7.24. The number of cyclic esters (lactones) is 1. The van der Waals surface area contributed by atoms with E-state index < -0.39 is 0 Å². The molecule has 0 saturated heterocycles. The number of rotatable bonds is 1. The molecule has 0 amide bonds. The van der Waals surface area contributed by atoms with Crippen LogP contribution in [-0.4, -0.2) is 11.0 Å². The lowest BCUT2D eigenvalue weighted by Crippen LogP contribution is -2.11. The highest BCUT2D eigenvalue weighted by atomic mass is 16.5. The van der Waals surface area contributed by atoms with E-state index in [4.69, 9.17) is 4.74 Å². The highest BCUT2D eigenvalue weighted by molar-refractivity contribution is 6.03. The molecule has 0 atom stereocenters. The van der Waals surface area contributed by atoms with Crippen LogP contribution in [0.3, 0.4) is 0 Å². The highest BCUT2D eigenvalue weighted by Gasteiger charge is 2.28. The van der Waals surface area contributed by atoms with E-state index in [1.54, 1.807) is 0 Å². The molecule has 3 nitrogen and oxygen atoms in total. The fourth-order valence-electron chi connectivity index (χ4n) is 3.22. The Morgan fingerprint density at radius 2 is 1.79 bits per heavy atom. The van der Waals surface area contributed by atoms with E-state index in [0.717, 1.165) is 27.6 Å². The average molecular weight is 317 g/mol. The van der Waals surface area contributed by atoms with Gasteiger partial charge in [-0.1, -0.05) is 57.2 Å². The Kier molecular flexibility index (Phi) is 3.20. The molecule has 0 radical (unpaired) electrons. The van der Waals surface area contributed by atoms with Crippen LogP contribution in [0.2, 0.25) is 0 Å². The molecule has 1 aliphatic rings. The van der Waals surface area contributed by atoms with Gasteiger partial charge in [-0.05, 0) is 28.7 Å². The molecule has 1 aliphatic heterocycles. The molecule has 0 aliphatic carbocycles. The summed E-state index contributed by atoms with van der Waals surface area (Å²) in [5.41, 5.74) is 5.62. The van der Waals surface area contributed by atoms with Crippen LogP contribution in [0.1, 0.15) is 42.4 Å². The number of nitrogens with zero attached hydrogens (tertiary/aromatic N) is 1. The van der Waals surface area contributed by atoms with Crippen LogP contribution in [0.5, 0.6) is 0 Å². The Bertz CT molecular complexity index is 953. The molecular formula is C21H19NO2. The van der Waals surface area contributed by atoms with E-state index in [9.17, 15) is 4.79 Å². The molecule has 3 heteroatoms. The number of hydrogen-bond donors (Lipinski definition) is 0. The maximum absolute atomic E-state index is 12.0. The van der Waals surface area contributed by atoms with Crippen molar-refractivity contribution in [2.75, 3.05) is 0 Å². The van der Waals surface area contributed by atoms with Crippen LogP contribution in [-0.2, 0) is 16.8 Å². The normalized spacial score (nSPS) is 13.9. The van der Waals surface area contributed by atoms with Gasteiger partial charge in [-0.3, -0.25) is 0 Å². The molecule has 120 valence electrons. The van der Waals surface area contributed by atoms with Crippen molar-refractivity contribution in [2.45, 2.75) is 32.8 Å². The van der Waals surface area contributed by atoms with Gasteiger partial charge in [0.1, 0.15) is 6.61 Å². The van der Waals surface area contributed by atoms with Crippen LogP contribution in [0, 0.1) is 0 Å². The molecule has 0 bridgehead atoms. The van der Waals surface area contributed by atoms with E-state index in [2.05, 4.69) is 50.0 Å². The number of carbonyl (C=O) groups excluding carboxylic acids is 1. The van der Waals surface area contributed by atoms with Crippen molar-refractivity contribution in [3.63, 3.8) is 0 Å². The summed E-state index contributed by atoms with van der Waals surface area (Å²) in [6.45, 7) is 6.89. The first kappa shape index (κ1) is 14.9. The van der Waals surface area contributed by atoms with Crippen LogP contribution in [0.25, 0.3) is 22.0 Å². The van der Waals surface area contributed by atoms with E-state index in [1.165, 1.54) is 5.56 Å². The van der Waals surface area contributed by atoms with Crippen molar-refractivity contribution in [1.29, 1.82) is 0 Å². The zero-order chi connectivity index (χ0) is 16.9. The summed E-state index contributed by atoms with van der Waals surface area (Å²) in [5.74, 6) is -0.330. The summed E-state index contributed by atoms with van der Waals surface area (Å²) >= 11 is 0. The monoisotopic (exact) mass is 317 g/mol. The van der Waals surface area contributed by atoms with E-state index in [0.29, 0.717) is 12.3 Å². The van der Waals surface area contributed by atoms with Crippen LogP contribution >= 0.6 is 0 Å². The van der Waals surface area contributed by atoms with Gasteiger partial charge >= 0.3 is 5.97 Å². The Morgan fingerprint density at radius 1 is 1.04 bits per heavy atom. The summed E-state index contributed by atoms with van der Waals surface area (Å²) in [4.78, 5) is 16.6. The lowest BCUT2D eigenvalue weighted by molar-refractivity contribution is 0.0531. The molecule has 3 aromatic rings. The number of esters is 1. The standard InChI is InChI=1S/C21H19NO2/c1-21(2,3)14-9-10-17-15(11-14)18(13-7-5-4-6-8-13)16-12-24-20(23)19(16)22-17/h4-11H,12H2,1-3H3. The summed E-state index contributed by atoms with van der Waals surface area (Å²) in [5, 5.41) is 1.07. The summed E-state index contributed by atoms with van der Waals surface area (Å²) in [6.07, 6.45) is 0. The summed E-state index contributed by atoms with van der Waals surface area (Å²) in [6, 6.07) is 16.5. The molecule has 2 heterocycles. The molecule has 0 saturated carbocycles. The summed E-state index contributed by atoms with van der Waals surface area (Å²) < 4.78 is 5.25. The lowest BCUT2D eigenvalue weighted by Gasteiger charge is -2.20. The molecule has 0 unspecified atom stereocenters. The van der Waals surface area contributed by atoms with Gasteiger partial charge in [0, 0.05) is 16.5 Å². The molecule has 24 heavy (non-hydrogen) atoms. The number of benzene rings is 2. The van der Waals surface area contributed by atoms with Gasteiger partial charge in [-0.2, -0.15) is 0 Å². The minimum atomic E-state index is -0.330. The summed E-state index contributed by atoms with van der Waals surface area (Å²) in [7, 11) is 0. The maximum Gasteiger partial charge on any atom is 0.357 e. The van der Waals surface area contributed by atoms with Crippen LogP contribution in [0.4, 0.5) is 0 Å². The SMILES string of the molecule is CC(C)(C)c1ccc2nc3c(c(-c4ccccc4)c2c1)COC3=O. The number of hydrogen-bond acceptors (Lipinski definition) is 3. The Labute approximate surface area is 141 Å². The smallest absolute Gasteiger partial charge is 0.357 e. The van der Waals surface area contributed by atoms with E-state index in [-0.39, 0.29) is 11.4 Å². The van der Waals surface area contributed by atoms with Gasteiger partial charge in [-0.25, -0.2) is 9.78 Å². The first-order valence-corrected chi connectivity index (χ1v) is 8.15. The minimum absolute atomic E-state index is 0.0491. The quantitative estimate of drug-likeness (QED) is 0.601. The van der Waals surface area contributed by atoms with Crippen molar-refractivity contribution in [2.24, 2.45) is 0 Å². The fourth-order valence-corrected chi connectivity index (χ4v) is 3.22. The molecule has 4 rings (SSSR count). The van der Waals surface area contributed by atoms with Crippen molar-refractivity contribution < 1.29 is 9.53 Å². The third kappa shape index (κ3) is 2.28. The zero-order valence-electron chi connectivity index (χ0n) is 14.1. The fraction of sp³-hybridized carbons (Fsp3) is 0.238.